The number of nitrogens with zero attached hydrogens (tertiary/aromatic N) is 1. The largest absolute Gasteiger partial charge is 0.504 e. The van der Waals surface area contributed by atoms with Gasteiger partial charge >= 0.3 is 5.97 Å². The van der Waals surface area contributed by atoms with Crippen LogP contribution in [0.25, 0.3) is 0 Å². The standard InChI is InChI=1S/C17H16N2O6/c20-13-8-11(9-14(21)16(13)24)17(25)19-18-12(6-7-15(22)23)10-4-2-1-3-5-10/h1-5,8-9,20-21,24H,6-7H2,(H,19,25)(H,22,23)/b18-12+. The van der Waals surface area contributed by atoms with Gasteiger partial charge in [-0.2, -0.15) is 5.10 Å². The van der Waals surface area contributed by atoms with Crippen molar-refractivity contribution < 1.29 is 30.0 Å². The average molecular weight is 344 g/mol. The van der Waals surface area contributed by atoms with E-state index in [1.807, 2.05) is 0 Å². The number of nitrogens with one attached hydrogen (secondary N) is 1. The Balaban J connectivity index is 2.22. The number of aromatic hydroxyl groups is 3. The number of carboxylic acid groups (broad SMARTS) is 1. The fourth-order valence-electron chi connectivity index (χ4n) is 2.04. The van der Waals surface area contributed by atoms with Crippen LogP contribution in [-0.4, -0.2) is 38.0 Å². The highest BCUT2D eigenvalue weighted by molar-refractivity contribution is 6.03. The summed E-state index contributed by atoms with van der Waals surface area (Å²) < 4.78 is 0. The van der Waals surface area contributed by atoms with Gasteiger partial charge in [0.15, 0.2) is 17.2 Å². The maximum absolute atomic E-state index is 12.1. The minimum absolute atomic E-state index is 0.103. The number of hydrazone groups is 1. The molecule has 0 bridgehead atoms. The highest BCUT2D eigenvalue weighted by atomic mass is 16.4. The van der Waals surface area contributed by atoms with Crippen molar-refractivity contribution in [1.82, 2.24) is 5.43 Å². The van der Waals surface area contributed by atoms with Crippen molar-refractivity contribution >= 4 is 17.6 Å². The van der Waals surface area contributed by atoms with Crippen molar-refractivity contribution in [1.29, 1.82) is 0 Å². The highest BCUT2D eigenvalue weighted by Gasteiger charge is 2.14. The second-order valence-corrected chi connectivity index (χ2v) is 5.12. The average Bonchev–Trinajstić information content (AvgIpc) is 2.59. The van der Waals surface area contributed by atoms with E-state index in [-0.39, 0.29) is 18.4 Å². The number of benzene rings is 2. The number of aliphatic carboxylic acids is 1. The number of hydrogen-bond acceptors (Lipinski definition) is 6. The van der Waals surface area contributed by atoms with Gasteiger partial charge in [0.1, 0.15) is 0 Å². The van der Waals surface area contributed by atoms with Gasteiger partial charge < -0.3 is 20.4 Å². The number of carbonyl (C=O) groups excluding carboxylic acids is 1. The maximum atomic E-state index is 12.1. The molecule has 25 heavy (non-hydrogen) atoms. The Morgan fingerprint density at radius 3 is 2.08 bits per heavy atom. The summed E-state index contributed by atoms with van der Waals surface area (Å²) in [6.07, 6.45) is -0.0594. The Morgan fingerprint density at radius 1 is 0.920 bits per heavy atom. The van der Waals surface area contributed by atoms with Gasteiger partial charge in [0, 0.05) is 12.0 Å². The lowest BCUT2D eigenvalue weighted by Crippen LogP contribution is -2.20. The molecule has 0 fully saturated rings. The van der Waals surface area contributed by atoms with E-state index >= 15 is 0 Å². The van der Waals surface area contributed by atoms with Crippen LogP contribution in [-0.2, 0) is 4.79 Å². The van der Waals surface area contributed by atoms with Crippen LogP contribution >= 0.6 is 0 Å². The lowest BCUT2D eigenvalue weighted by Gasteiger charge is -2.08. The molecule has 0 saturated heterocycles. The van der Waals surface area contributed by atoms with Crippen molar-refractivity contribution in [3.8, 4) is 17.2 Å². The van der Waals surface area contributed by atoms with Crippen LogP contribution in [0, 0.1) is 0 Å². The molecule has 0 heterocycles. The van der Waals surface area contributed by atoms with E-state index in [1.54, 1.807) is 30.3 Å². The number of carboxylic acids is 1. The topological polar surface area (TPSA) is 139 Å². The number of phenolic OH excluding ortho intramolecular Hbond substituents is 3. The van der Waals surface area contributed by atoms with Crippen molar-refractivity contribution in [2.24, 2.45) is 5.10 Å². The van der Waals surface area contributed by atoms with E-state index < -0.39 is 29.1 Å². The van der Waals surface area contributed by atoms with Gasteiger partial charge in [0.25, 0.3) is 5.91 Å². The second-order valence-electron chi connectivity index (χ2n) is 5.12. The number of hydrogen-bond donors (Lipinski definition) is 5. The molecule has 0 aliphatic heterocycles. The van der Waals surface area contributed by atoms with E-state index in [0.717, 1.165) is 12.1 Å². The first-order valence-corrected chi connectivity index (χ1v) is 7.27. The van der Waals surface area contributed by atoms with Crippen molar-refractivity contribution in [2.45, 2.75) is 12.8 Å². The van der Waals surface area contributed by atoms with Crippen molar-refractivity contribution in [2.75, 3.05) is 0 Å². The molecule has 5 N–H and O–H groups in total. The van der Waals surface area contributed by atoms with E-state index in [2.05, 4.69) is 10.5 Å². The molecule has 8 nitrogen and oxygen atoms in total. The molecule has 0 radical (unpaired) electrons. The van der Waals surface area contributed by atoms with Gasteiger partial charge in [-0.1, -0.05) is 30.3 Å². The van der Waals surface area contributed by atoms with E-state index in [1.165, 1.54) is 0 Å². The lowest BCUT2D eigenvalue weighted by molar-refractivity contribution is -0.136. The Hall–Kier alpha value is -3.55. The van der Waals surface area contributed by atoms with Crippen LogP contribution in [0.1, 0.15) is 28.8 Å². The predicted molar refractivity (Wildman–Crippen MR) is 88.8 cm³/mol. The third-order valence-electron chi connectivity index (χ3n) is 3.31. The molecule has 8 heteroatoms. The summed E-state index contributed by atoms with van der Waals surface area (Å²) in [6.45, 7) is 0. The monoisotopic (exact) mass is 344 g/mol. The summed E-state index contributed by atoms with van der Waals surface area (Å²) in [5.74, 6) is -3.77. The summed E-state index contributed by atoms with van der Waals surface area (Å²) in [5.41, 5.74) is 3.14. The minimum Gasteiger partial charge on any atom is -0.504 e. The number of rotatable bonds is 6. The third kappa shape index (κ3) is 4.71. The molecule has 0 aliphatic carbocycles. The lowest BCUT2D eigenvalue weighted by atomic mass is 10.1. The van der Waals surface area contributed by atoms with Gasteiger partial charge in [-0.15, -0.1) is 0 Å². The summed E-state index contributed by atoms with van der Waals surface area (Å²) in [7, 11) is 0. The van der Waals surface area contributed by atoms with Gasteiger partial charge in [-0.05, 0) is 17.7 Å². The molecule has 2 aromatic carbocycles. The van der Waals surface area contributed by atoms with Crippen LogP contribution in [0.15, 0.2) is 47.6 Å². The molecule has 130 valence electrons. The summed E-state index contributed by atoms with van der Waals surface area (Å²) in [4.78, 5) is 22.9. The first-order chi connectivity index (χ1) is 11.9. The first-order valence-electron chi connectivity index (χ1n) is 7.27. The minimum atomic E-state index is -0.997. The molecular weight excluding hydrogens is 328 g/mol. The van der Waals surface area contributed by atoms with Crippen LogP contribution in [0.2, 0.25) is 0 Å². The first kappa shape index (κ1) is 17.8. The Labute approximate surface area is 142 Å². The molecule has 2 rings (SSSR count). The molecule has 0 aromatic heterocycles. The normalized spacial score (nSPS) is 11.1. The van der Waals surface area contributed by atoms with Crippen LogP contribution < -0.4 is 5.43 Å². The fraction of sp³-hybridized carbons (Fsp3) is 0.118. The maximum Gasteiger partial charge on any atom is 0.303 e. The Bertz CT molecular complexity index is 794. The van der Waals surface area contributed by atoms with E-state index in [9.17, 15) is 24.9 Å². The Morgan fingerprint density at radius 2 is 1.52 bits per heavy atom. The van der Waals surface area contributed by atoms with Gasteiger partial charge in [-0.3, -0.25) is 9.59 Å². The third-order valence-corrected chi connectivity index (χ3v) is 3.31. The van der Waals surface area contributed by atoms with Crippen molar-refractivity contribution in [3.05, 3.63) is 53.6 Å². The zero-order chi connectivity index (χ0) is 18.4. The van der Waals surface area contributed by atoms with Gasteiger partial charge in [-0.25, -0.2) is 5.43 Å². The second kappa shape index (κ2) is 7.82. The molecule has 2 aromatic rings. The van der Waals surface area contributed by atoms with Crippen molar-refractivity contribution in [3.63, 3.8) is 0 Å². The summed E-state index contributed by atoms with van der Waals surface area (Å²) >= 11 is 0. The van der Waals surface area contributed by atoms with Gasteiger partial charge in [0.2, 0.25) is 0 Å². The molecule has 0 aliphatic rings. The molecule has 0 spiro atoms. The van der Waals surface area contributed by atoms with Crippen LogP contribution in [0.4, 0.5) is 0 Å². The molecule has 0 saturated carbocycles. The van der Waals surface area contributed by atoms with E-state index in [0.29, 0.717) is 11.3 Å². The number of phenols is 3. The molecular formula is C17H16N2O6. The predicted octanol–water partition coefficient (Wildman–Crippen LogP) is 1.80. The SMILES string of the molecule is O=C(O)CC/C(=N\NC(=O)c1cc(O)c(O)c(O)c1)c1ccccc1. The number of amides is 1. The Kier molecular flexibility index (Phi) is 5.57. The molecule has 0 atom stereocenters. The van der Waals surface area contributed by atoms with Crippen LogP contribution in [0.3, 0.4) is 0 Å². The van der Waals surface area contributed by atoms with Crippen LogP contribution in [0.5, 0.6) is 17.2 Å². The zero-order valence-corrected chi connectivity index (χ0v) is 13.0. The zero-order valence-electron chi connectivity index (χ0n) is 13.0. The summed E-state index contributed by atoms with van der Waals surface area (Å²) in [6, 6.07) is 10.7. The highest BCUT2D eigenvalue weighted by Crippen LogP contribution is 2.35. The quantitative estimate of drug-likeness (QED) is 0.307. The van der Waals surface area contributed by atoms with Gasteiger partial charge in [0.05, 0.1) is 12.1 Å². The molecule has 0 unspecified atom stereocenters. The fourth-order valence-corrected chi connectivity index (χ4v) is 2.04. The van der Waals surface area contributed by atoms with E-state index in [4.69, 9.17) is 5.11 Å². The number of carbonyl (C=O) groups is 2. The smallest absolute Gasteiger partial charge is 0.303 e. The summed E-state index contributed by atoms with van der Waals surface area (Å²) in [5, 5.41) is 40.9. The molecule has 1 amide bonds.